The van der Waals surface area contributed by atoms with Gasteiger partial charge in [0.25, 0.3) is 0 Å². The van der Waals surface area contributed by atoms with Crippen LogP contribution in [0.4, 0.5) is 0 Å². The summed E-state index contributed by atoms with van der Waals surface area (Å²) in [5.41, 5.74) is 3.36. The zero-order chi connectivity index (χ0) is 19.0. The van der Waals surface area contributed by atoms with Gasteiger partial charge in [0.15, 0.2) is 5.76 Å². The van der Waals surface area contributed by atoms with E-state index in [1.165, 1.54) is 13.2 Å². The largest absolute Gasteiger partial charge is 0.507 e. The van der Waals surface area contributed by atoms with Crippen LogP contribution in [-0.2, 0) is 20.4 Å². The van der Waals surface area contributed by atoms with Crippen molar-refractivity contribution in [3.8, 4) is 5.75 Å². The average molecular weight is 340 g/mol. The molecule has 0 atom stereocenters. The van der Waals surface area contributed by atoms with Gasteiger partial charge in [-0.2, -0.15) is 0 Å². The van der Waals surface area contributed by atoms with Crippen molar-refractivity contribution < 1.29 is 14.6 Å². The number of hydrogen-bond acceptors (Lipinski definition) is 3. The van der Waals surface area contributed by atoms with E-state index >= 15 is 0 Å². The van der Waals surface area contributed by atoms with Crippen LogP contribution in [0.3, 0.4) is 0 Å². The molecule has 0 heterocycles. The molecule has 0 amide bonds. The summed E-state index contributed by atoms with van der Waals surface area (Å²) >= 11 is 0. The molecule has 3 nitrogen and oxygen atoms in total. The summed E-state index contributed by atoms with van der Waals surface area (Å²) in [6.07, 6.45) is 7.04. The van der Waals surface area contributed by atoms with Crippen molar-refractivity contribution in [2.24, 2.45) is 0 Å². The fourth-order valence-electron chi connectivity index (χ4n) is 2.85. The summed E-state index contributed by atoms with van der Waals surface area (Å²) in [5.74, 6) is 0.570. The molecule has 2 rings (SSSR count). The molecule has 1 aliphatic carbocycles. The summed E-state index contributed by atoms with van der Waals surface area (Å²) in [6, 6.07) is 4.03. The summed E-state index contributed by atoms with van der Waals surface area (Å²) in [4.78, 5) is 11.7. The van der Waals surface area contributed by atoms with Crippen molar-refractivity contribution in [3.63, 3.8) is 0 Å². The van der Waals surface area contributed by atoms with Gasteiger partial charge >= 0.3 is 0 Å². The lowest BCUT2D eigenvalue weighted by Gasteiger charge is -2.28. The number of carbonyl (C=O) groups excluding carboxylic acids is 1. The number of ketones is 1. The second kappa shape index (κ2) is 6.55. The van der Waals surface area contributed by atoms with E-state index in [1.54, 1.807) is 12.2 Å². The fourth-order valence-corrected chi connectivity index (χ4v) is 2.85. The number of phenols is 1. The Morgan fingerprint density at radius 1 is 0.960 bits per heavy atom. The summed E-state index contributed by atoms with van der Waals surface area (Å²) in [5, 5.41) is 10.8. The van der Waals surface area contributed by atoms with Crippen molar-refractivity contribution in [2.45, 2.75) is 52.4 Å². The van der Waals surface area contributed by atoms with Crippen LogP contribution in [0.1, 0.15) is 58.2 Å². The number of ether oxygens (including phenoxy) is 1. The second-order valence-electron chi connectivity index (χ2n) is 8.52. The first-order valence-electron chi connectivity index (χ1n) is 8.51. The number of benzene rings is 1. The van der Waals surface area contributed by atoms with E-state index < -0.39 is 0 Å². The van der Waals surface area contributed by atoms with Gasteiger partial charge in [0.05, 0.1) is 7.11 Å². The van der Waals surface area contributed by atoms with Crippen molar-refractivity contribution in [3.05, 3.63) is 58.4 Å². The molecule has 1 aromatic carbocycles. The second-order valence-corrected chi connectivity index (χ2v) is 8.52. The van der Waals surface area contributed by atoms with Gasteiger partial charge in [-0.15, -0.1) is 0 Å². The lowest BCUT2D eigenvalue weighted by Crippen LogP contribution is -2.17. The maximum Gasteiger partial charge on any atom is 0.220 e. The normalized spacial score (nSPS) is 17.0. The third-order valence-electron chi connectivity index (χ3n) is 4.27. The monoisotopic (exact) mass is 340 g/mol. The van der Waals surface area contributed by atoms with E-state index in [2.05, 4.69) is 41.5 Å². The maximum atomic E-state index is 11.7. The Morgan fingerprint density at radius 2 is 1.48 bits per heavy atom. The van der Waals surface area contributed by atoms with Crippen LogP contribution in [0.25, 0.3) is 6.08 Å². The smallest absolute Gasteiger partial charge is 0.220 e. The van der Waals surface area contributed by atoms with Gasteiger partial charge in [0.1, 0.15) is 5.75 Å². The molecule has 0 saturated heterocycles. The van der Waals surface area contributed by atoms with E-state index in [1.807, 2.05) is 18.2 Å². The molecule has 0 spiro atoms. The molecule has 1 N–H and O–H groups in total. The number of hydrogen-bond donors (Lipinski definition) is 1. The lowest BCUT2D eigenvalue weighted by molar-refractivity contribution is -0.114. The molecular formula is C22H28O3. The van der Waals surface area contributed by atoms with Crippen LogP contribution in [-0.4, -0.2) is 18.0 Å². The van der Waals surface area contributed by atoms with E-state index in [0.29, 0.717) is 11.5 Å². The first kappa shape index (κ1) is 19.0. The van der Waals surface area contributed by atoms with Crippen LogP contribution in [0.15, 0.2) is 41.7 Å². The molecule has 134 valence electrons. The van der Waals surface area contributed by atoms with Gasteiger partial charge in [-0.1, -0.05) is 47.6 Å². The van der Waals surface area contributed by atoms with Crippen LogP contribution < -0.4 is 0 Å². The number of rotatable bonds is 2. The molecule has 0 aromatic heterocycles. The first-order chi connectivity index (χ1) is 11.4. The van der Waals surface area contributed by atoms with E-state index in [4.69, 9.17) is 4.74 Å². The van der Waals surface area contributed by atoms with Gasteiger partial charge in [-0.3, -0.25) is 4.79 Å². The Bertz CT molecular complexity index is 743. The number of phenolic OH excluding ortho intramolecular Hbond substituents is 1. The van der Waals surface area contributed by atoms with Gasteiger partial charge in [-0.25, -0.2) is 0 Å². The Labute approximate surface area is 150 Å². The van der Waals surface area contributed by atoms with Crippen molar-refractivity contribution in [2.75, 3.05) is 7.11 Å². The van der Waals surface area contributed by atoms with Crippen molar-refractivity contribution >= 4 is 11.9 Å². The summed E-state index contributed by atoms with van der Waals surface area (Å²) in [6.45, 7) is 12.5. The zero-order valence-electron chi connectivity index (χ0n) is 16.2. The molecule has 0 aliphatic heterocycles. The van der Waals surface area contributed by atoms with Gasteiger partial charge in [-0.05, 0) is 52.3 Å². The molecule has 0 unspecified atom stereocenters. The molecule has 3 heteroatoms. The third-order valence-corrected chi connectivity index (χ3v) is 4.27. The van der Waals surface area contributed by atoms with Gasteiger partial charge < -0.3 is 9.84 Å². The Balaban J connectivity index is 2.63. The number of aromatic hydroxyl groups is 1. The third kappa shape index (κ3) is 4.22. The van der Waals surface area contributed by atoms with Crippen LogP contribution in [0, 0.1) is 0 Å². The quantitative estimate of drug-likeness (QED) is 0.820. The number of methoxy groups -OCH3 is 1. The Hall–Kier alpha value is -2.29. The maximum absolute atomic E-state index is 11.7. The zero-order valence-corrected chi connectivity index (χ0v) is 16.2. The molecular weight excluding hydrogens is 312 g/mol. The highest BCUT2D eigenvalue weighted by Crippen LogP contribution is 2.40. The molecule has 25 heavy (non-hydrogen) atoms. The topological polar surface area (TPSA) is 46.5 Å². The standard InChI is InChI=1S/C22H28O3/c1-21(2,3)16-11-15(12-17(20(16)24)22(4,5)6)10-14-8-9-18(23)19(13-14)25-7/h8-13,24H,1-7H3. The SMILES string of the molecule is COC1=CC(=Cc2cc(C(C)(C)C)c(O)c(C(C)(C)C)c2)C=CC1=O. The Morgan fingerprint density at radius 3 is 1.92 bits per heavy atom. The summed E-state index contributed by atoms with van der Waals surface area (Å²) in [7, 11) is 1.50. The van der Waals surface area contributed by atoms with Gasteiger partial charge in [0.2, 0.25) is 5.78 Å². The molecule has 0 bridgehead atoms. The Kier molecular flexibility index (Phi) is 4.99. The number of allylic oxidation sites excluding steroid dienone is 4. The predicted octanol–water partition coefficient (Wildman–Crippen LogP) is 5.04. The highest BCUT2D eigenvalue weighted by Gasteiger charge is 2.26. The average Bonchev–Trinajstić information content (AvgIpc) is 2.48. The molecule has 1 aromatic rings. The van der Waals surface area contributed by atoms with Crippen molar-refractivity contribution in [1.82, 2.24) is 0 Å². The van der Waals surface area contributed by atoms with Crippen LogP contribution in [0.2, 0.25) is 0 Å². The molecule has 1 aliphatic rings. The number of carbonyl (C=O) groups is 1. The minimum absolute atomic E-state index is 0.129. The van der Waals surface area contributed by atoms with Gasteiger partial charge in [0, 0.05) is 11.1 Å². The van der Waals surface area contributed by atoms with Crippen molar-refractivity contribution in [1.29, 1.82) is 0 Å². The fraction of sp³-hybridized carbons (Fsp3) is 0.409. The van der Waals surface area contributed by atoms with Crippen LogP contribution >= 0.6 is 0 Å². The minimum atomic E-state index is -0.176. The van der Waals surface area contributed by atoms with E-state index in [-0.39, 0.29) is 16.6 Å². The lowest BCUT2D eigenvalue weighted by atomic mass is 9.78. The molecule has 0 fully saturated rings. The van der Waals surface area contributed by atoms with E-state index in [9.17, 15) is 9.90 Å². The molecule has 0 saturated carbocycles. The van der Waals surface area contributed by atoms with E-state index in [0.717, 1.165) is 22.3 Å². The predicted molar refractivity (Wildman–Crippen MR) is 103 cm³/mol. The van der Waals surface area contributed by atoms with Crippen LogP contribution in [0.5, 0.6) is 5.75 Å². The highest BCUT2D eigenvalue weighted by atomic mass is 16.5. The summed E-state index contributed by atoms with van der Waals surface area (Å²) < 4.78 is 5.13. The highest BCUT2D eigenvalue weighted by molar-refractivity contribution is 6.05. The first-order valence-corrected chi connectivity index (χ1v) is 8.51. The minimum Gasteiger partial charge on any atom is -0.507 e. The molecule has 0 radical (unpaired) electrons.